The molecule has 0 unspecified atom stereocenters. The van der Waals surface area contributed by atoms with Crippen LogP contribution in [0.2, 0.25) is 0 Å². The summed E-state index contributed by atoms with van der Waals surface area (Å²) in [7, 11) is 0.987. The molecule has 1 N–H and O–H groups in total. The van der Waals surface area contributed by atoms with Crippen LogP contribution >= 0.6 is 0 Å². The van der Waals surface area contributed by atoms with Crippen molar-refractivity contribution in [1.29, 1.82) is 0 Å². The third-order valence-corrected chi connectivity index (χ3v) is 3.41. The Morgan fingerprint density at radius 2 is 1.65 bits per heavy atom. The van der Waals surface area contributed by atoms with Gasteiger partial charge in [-0.25, -0.2) is 0 Å². The number of aryl methyl sites for hydroxylation is 1. The third kappa shape index (κ3) is 3.60. The van der Waals surface area contributed by atoms with Crippen molar-refractivity contribution < 1.29 is 27.8 Å². The van der Waals surface area contributed by atoms with Crippen LogP contribution in [0.5, 0.6) is 0 Å². The molecule has 2 aromatic rings. The van der Waals surface area contributed by atoms with Gasteiger partial charge in [-0.05, 0) is 6.92 Å². The maximum Gasteiger partial charge on any atom is 0.433 e. The van der Waals surface area contributed by atoms with Gasteiger partial charge in [0.25, 0.3) is 17.3 Å². The molecule has 0 spiro atoms. The second kappa shape index (κ2) is 6.42. The summed E-state index contributed by atoms with van der Waals surface area (Å²) in [5.41, 5.74) is -3.57. The summed E-state index contributed by atoms with van der Waals surface area (Å²) >= 11 is 0. The first kappa shape index (κ1) is 18.8. The van der Waals surface area contributed by atoms with Crippen molar-refractivity contribution in [2.24, 2.45) is 7.05 Å². The SMILES string of the molecule is Cc1c([N+](=O)[O-])cc(NC(=O)c2cc(C(F)(F)F)n(C)n2)cc1[N+](=O)[O-]. The average molecular weight is 373 g/mol. The lowest BCUT2D eigenvalue weighted by Crippen LogP contribution is -2.13. The van der Waals surface area contributed by atoms with Gasteiger partial charge in [-0.1, -0.05) is 0 Å². The number of benzene rings is 1. The number of hydrogen-bond acceptors (Lipinski definition) is 6. The van der Waals surface area contributed by atoms with E-state index in [4.69, 9.17) is 0 Å². The van der Waals surface area contributed by atoms with Crippen LogP contribution in [-0.4, -0.2) is 25.5 Å². The molecule has 26 heavy (non-hydrogen) atoms. The number of nitrogens with zero attached hydrogens (tertiary/aromatic N) is 4. The summed E-state index contributed by atoms with van der Waals surface area (Å²) in [6.45, 7) is 1.16. The third-order valence-electron chi connectivity index (χ3n) is 3.41. The lowest BCUT2D eigenvalue weighted by molar-refractivity contribution is -0.395. The number of hydrogen-bond donors (Lipinski definition) is 1. The minimum atomic E-state index is -4.73. The van der Waals surface area contributed by atoms with Gasteiger partial charge in [-0.2, -0.15) is 18.3 Å². The van der Waals surface area contributed by atoms with E-state index < -0.39 is 44.7 Å². The van der Waals surface area contributed by atoms with Crippen LogP contribution in [0.4, 0.5) is 30.2 Å². The van der Waals surface area contributed by atoms with E-state index in [2.05, 4.69) is 10.4 Å². The van der Waals surface area contributed by atoms with Gasteiger partial charge in [0.05, 0.1) is 15.5 Å². The van der Waals surface area contributed by atoms with Crippen LogP contribution in [-0.2, 0) is 13.2 Å². The molecule has 0 aliphatic heterocycles. The predicted molar refractivity (Wildman–Crippen MR) is 80.7 cm³/mol. The van der Waals surface area contributed by atoms with Crippen LogP contribution in [0, 0.1) is 27.2 Å². The average Bonchev–Trinajstić information content (AvgIpc) is 2.90. The number of aromatic nitrogens is 2. The molecule has 138 valence electrons. The van der Waals surface area contributed by atoms with Crippen LogP contribution in [0.25, 0.3) is 0 Å². The molecule has 0 bridgehead atoms. The first-order chi connectivity index (χ1) is 11.9. The summed E-state index contributed by atoms with van der Waals surface area (Å²) in [6.07, 6.45) is -4.73. The van der Waals surface area contributed by atoms with E-state index in [0.717, 1.165) is 26.1 Å². The zero-order valence-electron chi connectivity index (χ0n) is 13.2. The molecular weight excluding hydrogens is 363 g/mol. The fraction of sp³-hybridized carbons (Fsp3) is 0.231. The monoisotopic (exact) mass is 373 g/mol. The Morgan fingerprint density at radius 1 is 1.15 bits per heavy atom. The first-order valence-electron chi connectivity index (χ1n) is 6.78. The number of halogens is 3. The number of carbonyl (C=O) groups is 1. The molecule has 0 atom stereocenters. The Labute approximate surface area is 142 Å². The summed E-state index contributed by atoms with van der Waals surface area (Å²) in [6, 6.07) is 2.23. The minimum Gasteiger partial charge on any atom is -0.320 e. The lowest BCUT2D eigenvalue weighted by atomic mass is 10.1. The number of nitro groups is 2. The summed E-state index contributed by atoms with van der Waals surface area (Å²) < 4.78 is 38.7. The molecule has 0 fully saturated rings. The molecule has 1 heterocycles. The highest BCUT2D eigenvalue weighted by molar-refractivity contribution is 6.03. The van der Waals surface area contributed by atoms with E-state index in [1.165, 1.54) is 0 Å². The van der Waals surface area contributed by atoms with Gasteiger partial charge in [-0.3, -0.25) is 29.7 Å². The largest absolute Gasteiger partial charge is 0.433 e. The van der Waals surface area contributed by atoms with Crippen molar-refractivity contribution in [2.75, 3.05) is 5.32 Å². The topological polar surface area (TPSA) is 133 Å². The van der Waals surface area contributed by atoms with E-state index in [0.29, 0.717) is 10.7 Å². The van der Waals surface area contributed by atoms with E-state index >= 15 is 0 Å². The number of amides is 1. The van der Waals surface area contributed by atoms with Crippen molar-refractivity contribution >= 4 is 23.0 Å². The van der Waals surface area contributed by atoms with Crippen molar-refractivity contribution in [3.63, 3.8) is 0 Å². The number of rotatable bonds is 4. The molecule has 0 aliphatic carbocycles. The smallest absolute Gasteiger partial charge is 0.320 e. The van der Waals surface area contributed by atoms with Gasteiger partial charge in [0.15, 0.2) is 5.69 Å². The molecule has 10 nitrogen and oxygen atoms in total. The van der Waals surface area contributed by atoms with Crippen molar-refractivity contribution in [2.45, 2.75) is 13.1 Å². The quantitative estimate of drug-likeness (QED) is 0.647. The fourth-order valence-corrected chi connectivity index (χ4v) is 2.17. The Kier molecular flexibility index (Phi) is 4.65. The lowest BCUT2D eigenvalue weighted by Gasteiger charge is -2.05. The number of anilines is 1. The molecule has 1 amide bonds. The first-order valence-corrected chi connectivity index (χ1v) is 6.78. The van der Waals surface area contributed by atoms with E-state index in [9.17, 15) is 38.2 Å². The van der Waals surface area contributed by atoms with Crippen molar-refractivity contribution in [3.05, 3.63) is 55.4 Å². The predicted octanol–water partition coefficient (Wildman–Crippen LogP) is 2.82. The van der Waals surface area contributed by atoms with Gasteiger partial charge in [0, 0.05) is 25.2 Å². The van der Waals surface area contributed by atoms with Crippen molar-refractivity contribution in [1.82, 2.24) is 9.78 Å². The van der Waals surface area contributed by atoms with Gasteiger partial charge in [0.2, 0.25) is 0 Å². The summed E-state index contributed by atoms with van der Waals surface area (Å²) in [4.78, 5) is 32.3. The van der Waals surface area contributed by atoms with Gasteiger partial charge < -0.3 is 5.32 Å². The number of nitrogens with one attached hydrogen (secondary N) is 1. The summed E-state index contributed by atoms with van der Waals surface area (Å²) in [5, 5.41) is 27.5. The van der Waals surface area contributed by atoms with Crippen molar-refractivity contribution in [3.8, 4) is 0 Å². The standard InChI is InChI=1S/C13H10F3N5O5/c1-6-9(20(23)24)3-7(4-10(6)21(25)26)17-12(22)8-5-11(13(14,15)16)19(2)18-8/h3-5H,1-2H3,(H,17,22). The molecule has 13 heteroatoms. The molecular formula is C13H10F3N5O5. The Bertz CT molecular complexity index is 886. The van der Waals surface area contributed by atoms with Crippen LogP contribution < -0.4 is 5.32 Å². The zero-order chi connectivity index (χ0) is 19.8. The molecule has 0 aliphatic rings. The van der Waals surface area contributed by atoms with Gasteiger partial charge in [0.1, 0.15) is 11.3 Å². The van der Waals surface area contributed by atoms with Crippen LogP contribution in [0.3, 0.4) is 0 Å². The Balaban J connectivity index is 2.41. The van der Waals surface area contributed by atoms with Crippen LogP contribution in [0.15, 0.2) is 18.2 Å². The second-order valence-electron chi connectivity index (χ2n) is 5.14. The molecule has 0 radical (unpaired) electrons. The van der Waals surface area contributed by atoms with Gasteiger partial charge in [-0.15, -0.1) is 0 Å². The Morgan fingerprint density at radius 3 is 2.04 bits per heavy atom. The molecule has 0 saturated heterocycles. The summed E-state index contributed by atoms with van der Waals surface area (Å²) in [5.74, 6) is -1.11. The van der Waals surface area contributed by atoms with E-state index in [1.807, 2.05) is 0 Å². The highest BCUT2D eigenvalue weighted by Crippen LogP contribution is 2.32. The highest BCUT2D eigenvalue weighted by Gasteiger charge is 2.36. The zero-order valence-corrected chi connectivity index (χ0v) is 13.2. The fourth-order valence-electron chi connectivity index (χ4n) is 2.17. The molecule has 2 rings (SSSR count). The second-order valence-corrected chi connectivity index (χ2v) is 5.14. The molecule has 1 aromatic heterocycles. The highest BCUT2D eigenvalue weighted by atomic mass is 19.4. The number of carbonyl (C=O) groups excluding carboxylic acids is 1. The maximum absolute atomic E-state index is 12.7. The minimum absolute atomic E-state index is 0.227. The van der Waals surface area contributed by atoms with Crippen LogP contribution in [0.1, 0.15) is 21.7 Å². The van der Waals surface area contributed by atoms with E-state index in [1.54, 1.807) is 0 Å². The van der Waals surface area contributed by atoms with Gasteiger partial charge >= 0.3 is 6.18 Å². The molecule has 1 aromatic carbocycles. The molecule has 0 saturated carbocycles. The number of alkyl halides is 3. The maximum atomic E-state index is 12.7. The van der Waals surface area contributed by atoms with E-state index in [-0.39, 0.29) is 11.3 Å². The Hall–Kier alpha value is -3.51. The number of nitro benzene ring substituents is 2. The normalized spacial score (nSPS) is 11.3.